The van der Waals surface area contributed by atoms with E-state index in [-0.39, 0.29) is 0 Å². The van der Waals surface area contributed by atoms with E-state index in [4.69, 9.17) is 0 Å². The van der Waals surface area contributed by atoms with Gasteiger partial charge in [0.05, 0.1) is 17.6 Å². The molecule has 0 atom stereocenters. The smallest absolute Gasteiger partial charge is 0.337 e. The first-order valence-corrected chi connectivity index (χ1v) is 7.82. The number of fused-ring (bicyclic) bond motifs is 2. The van der Waals surface area contributed by atoms with Crippen LogP contribution in [0.3, 0.4) is 0 Å². The van der Waals surface area contributed by atoms with Crippen LogP contribution >= 0.6 is 11.3 Å². The molecular weight excluding hydrogens is 294 g/mol. The van der Waals surface area contributed by atoms with Crippen LogP contribution < -0.4 is 0 Å². The highest BCUT2D eigenvalue weighted by Gasteiger charge is 2.13. The number of aromatic carboxylic acids is 1. The second-order valence-corrected chi connectivity index (χ2v) is 6.41. The second kappa shape index (κ2) is 5.00. The lowest BCUT2D eigenvalue weighted by Crippen LogP contribution is -2.03. The Morgan fingerprint density at radius 3 is 2.68 bits per heavy atom. The van der Waals surface area contributed by atoms with Gasteiger partial charge < -0.3 is 9.67 Å². The van der Waals surface area contributed by atoms with Crippen LogP contribution in [0.5, 0.6) is 0 Å². The first kappa shape index (κ1) is 13.1. The quantitative estimate of drug-likeness (QED) is 0.601. The molecule has 0 aliphatic rings. The third-order valence-corrected chi connectivity index (χ3v) is 4.92. The van der Waals surface area contributed by atoms with Gasteiger partial charge in [0.1, 0.15) is 0 Å². The fourth-order valence-corrected chi connectivity index (χ4v) is 3.91. The number of carboxylic acid groups (broad SMARTS) is 1. The van der Waals surface area contributed by atoms with Crippen molar-refractivity contribution in [3.63, 3.8) is 0 Å². The van der Waals surface area contributed by atoms with Crippen molar-refractivity contribution in [1.29, 1.82) is 0 Å². The number of hydrogen-bond acceptors (Lipinski definition) is 2. The lowest BCUT2D eigenvalue weighted by molar-refractivity contribution is 0.0698. The van der Waals surface area contributed by atoms with Crippen LogP contribution in [-0.4, -0.2) is 15.6 Å². The number of benzene rings is 2. The lowest BCUT2D eigenvalue weighted by atomic mass is 10.1. The van der Waals surface area contributed by atoms with Crippen molar-refractivity contribution in [3.05, 3.63) is 71.2 Å². The van der Waals surface area contributed by atoms with Gasteiger partial charge in [0, 0.05) is 21.2 Å². The van der Waals surface area contributed by atoms with E-state index in [0.717, 1.165) is 10.9 Å². The van der Waals surface area contributed by atoms with E-state index in [1.807, 2.05) is 35.0 Å². The number of nitrogens with zero attached hydrogens (tertiary/aromatic N) is 1. The molecule has 0 aliphatic carbocycles. The average molecular weight is 307 g/mol. The highest BCUT2D eigenvalue weighted by atomic mass is 32.1. The van der Waals surface area contributed by atoms with Crippen molar-refractivity contribution < 1.29 is 9.90 Å². The largest absolute Gasteiger partial charge is 0.478 e. The summed E-state index contributed by atoms with van der Waals surface area (Å²) in [4.78, 5) is 12.7. The first-order valence-electron chi connectivity index (χ1n) is 7.01. The van der Waals surface area contributed by atoms with Crippen LogP contribution in [0, 0.1) is 0 Å². The average Bonchev–Trinajstić information content (AvgIpc) is 3.11. The van der Waals surface area contributed by atoms with Crippen LogP contribution in [0.4, 0.5) is 0 Å². The van der Waals surface area contributed by atoms with Crippen LogP contribution in [0.25, 0.3) is 21.0 Å². The van der Waals surface area contributed by atoms with E-state index >= 15 is 0 Å². The second-order valence-electron chi connectivity index (χ2n) is 5.24. The molecule has 0 saturated carbocycles. The van der Waals surface area contributed by atoms with Gasteiger partial charge >= 0.3 is 5.97 Å². The standard InChI is InChI=1S/C18H13NO2S/c20-18(21)15-6-3-5-12-8-9-19(17(12)15)11-14-10-13-4-1-2-7-16(13)22-14/h1-10H,11H2,(H,20,21). The molecule has 4 aromatic rings. The Hall–Kier alpha value is -2.59. The van der Waals surface area contributed by atoms with Gasteiger partial charge in [-0.2, -0.15) is 0 Å². The predicted molar refractivity (Wildman–Crippen MR) is 89.8 cm³/mol. The van der Waals surface area contributed by atoms with Crippen molar-refractivity contribution in [2.45, 2.75) is 6.54 Å². The molecule has 108 valence electrons. The van der Waals surface area contributed by atoms with Crippen molar-refractivity contribution in [3.8, 4) is 0 Å². The minimum absolute atomic E-state index is 0.351. The molecule has 0 saturated heterocycles. The third kappa shape index (κ3) is 2.09. The number of aromatic nitrogens is 1. The van der Waals surface area contributed by atoms with Gasteiger partial charge in [0.15, 0.2) is 0 Å². The zero-order chi connectivity index (χ0) is 15.1. The third-order valence-electron chi connectivity index (χ3n) is 3.82. The molecule has 1 N–H and O–H groups in total. The maximum absolute atomic E-state index is 11.4. The molecule has 4 heteroatoms. The summed E-state index contributed by atoms with van der Waals surface area (Å²) in [6, 6.07) is 17.8. The van der Waals surface area contributed by atoms with Crippen molar-refractivity contribution >= 4 is 38.3 Å². The summed E-state index contributed by atoms with van der Waals surface area (Å²) in [7, 11) is 0. The number of thiophene rings is 1. The van der Waals surface area contributed by atoms with Crippen LogP contribution in [0.1, 0.15) is 15.2 Å². The highest BCUT2D eigenvalue weighted by Crippen LogP contribution is 2.28. The minimum Gasteiger partial charge on any atom is -0.478 e. The summed E-state index contributed by atoms with van der Waals surface area (Å²) in [5.41, 5.74) is 1.14. The van der Waals surface area contributed by atoms with Crippen molar-refractivity contribution in [1.82, 2.24) is 4.57 Å². The maximum atomic E-state index is 11.4. The molecule has 4 rings (SSSR count). The van der Waals surface area contributed by atoms with E-state index in [1.54, 1.807) is 23.5 Å². The molecule has 0 spiro atoms. The molecule has 2 heterocycles. The molecular formula is C18H13NO2S. The van der Waals surface area contributed by atoms with Gasteiger partial charge in [-0.1, -0.05) is 30.3 Å². The SMILES string of the molecule is O=C(O)c1cccc2ccn(Cc3cc4ccccc4s3)c12. The fraction of sp³-hybridized carbons (Fsp3) is 0.0556. The summed E-state index contributed by atoms with van der Waals surface area (Å²) in [5, 5.41) is 11.6. The summed E-state index contributed by atoms with van der Waals surface area (Å²) < 4.78 is 3.27. The van der Waals surface area contributed by atoms with Crippen LogP contribution in [-0.2, 0) is 6.54 Å². The summed E-state index contributed by atoms with van der Waals surface area (Å²) in [5.74, 6) is -0.887. The van der Waals surface area contributed by atoms with Crippen LogP contribution in [0.15, 0.2) is 60.8 Å². The molecule has 22 heavy (non-hydrogen) atoms. The molecule has 0 amide bonds. The molecule has 0 fully saturated rings. The van der Waals surface area contributed by atoms with Crippen LogP contribution in [0.2, 0.25) is 0 Å². The van der Waals surface area contributed by atoms with E-state index in [1.165, 1.54) is 15.0 Å². The first-order chi connectivity index (χ1) is 10.7. The van der Waals surface area contributed by atoms with E-state index in [9.17, 15) is 9.90 Å². The van der Waals surface area contributed by atoms with Gasteiger partial charge in [-0.05, 0) is 29.7 Å². The van der Waals surface area contributed by atoms with Gasteiger partial charge in [-0.3, -0.25) is 0 Å². The Kier molecular flexibility index (Phi) is 2.98. The Bertz CT molecular complexity index is 964. The predicted octanol–water partition coefficient (Wildman–Crippen LogP) is 4.60. The van der Waals surface area contributed by atoms with E-state index in [2.05, 4.69) is 18.2 Å². The number of rotatable bonds is 3. The van der Waals surface area contributed by atoms with Crippen molar-refractivity contribution in [2.75, 3.05) is 0 Å². The number of hydrogen-bond donors (Lipinski definition) is 1. The Morgan fingerprint density at radius 1 is 1.05 bits per heavy atom. The summed E-state index contributed by atoms with van der Waals surface area (Å²) >= 11 is 1.75. The summed E-state index contributed by atoms with van der Waals surface area (Å²) in [6.45, 7) is 0.688. The molecule has 2 aromatic heterocycles. The monoisotopic (exact) mass is 307 g/mol. The Labute approximate surface area is 131 Å². The Balaban J connectivity index is 1.82. The van der Waals surface area contributed by atoms with Gasteiger partial charge in [0.2, 0.25) is 0 Å². The molecule has 0 aliphatic heterocycles. The topological polar surface area (TPSA) is 42.2 Å². The maximum Gasteiger partial charge on any atom is 0.337 e. The molecule has 0 radical (unpaired) electrons. The van der Waals surface area contributed by atoms with E-state index < -0.39 is 5.97 Å². The van der Waals surface area contributed by atoms with Gasteiger partial charge in [-0.25, -0.2) is 4.79 Å². The van der Waals surface area contributed by atoms with Gasteiger partial charge in [0.25, 0.3) is 0 Å². The molecule has 3 nitrogen and oxygen atoms in total. The molecule has 2 aromatic carbocycles. The summed E-state index contributed by atoms with van der Waals surface area (Å²) in [6.07, 6.45) is 1.96. The number of carboxylic acids is 1. The lowest BCUT2D eigenvalue weighted by Gasteiger charge is -2.06. The van der Waals surface area contributed by atoms with Gasteiger partial charge in [-0.15, -0.1) is 11.3 Å². The molecule has 0 bridgehead atoms. The zero-order valence-electron chi connectivity index (χ0n) is 11.7. The molecule has 0 unspecified atom stereocenters. The normalized spacial score (nSPS) is 11.3. The van der Waals surface area contributed by atoms with Crippen molar-refractivity contribution in [2.24, 2.45) is 0 Å². The highest BCUT2D eigenvalue weighted by molar-refractivity contribution is 7.19. The number of carbonyl (C=O) groups is 1. The fourth-order valence-electron chi connectivity index (χ4n) is 2.85. The minimum atomic E-state index is -0.887. The van der Waals surface area contributed by atoms with E-state index in [0.29, 0.717) is 12.1 Å². The number of para-hydroxylation sites is 1. The Morgan fingerprint density at radius 2 is 1.86 bits per heavy atom. The zero-order valence-corrected chi connectivity index (χ0v) is 12.5.